The number of methoxy groups -OCH3 is 2. The molecule has 1 aromatic rings. The van der Waals surface area contributed by atoms with E-state index in [0.717, 1.165) is 0 Å². The van der Waals surface area contributed by atoms with Crippen molar-refractivity contribution in [2.75, 3.05) is 53.7 Å². The average molecular weight is 369 g/mol. The predicted octanol–water partition coefficient (Wildman–Crippen LogP) is 0.721. The summed E-state index contributed by atoms with van der Waals surface area (Å²) in [6.45, 7) is 2.28. The van der Waals surface area contributed by atoms with E-state index in [9.17, 15) is 9.59 Å². The van der Waals surface area contributed by atoms with Gasteiger partial charge in [0.1, 0.15) is 0 Å². The lowest BCUT2D eigenvalue weighted by molar-refractivity contribution is -0.147. The summed E-state index contributed by atoms with van der Waals surface area (Å²) in [4.78, 5) is 25.6. The number of hydrogen-bond acceptors (Lipinski definition) is 7. The summed E-state index contributed by atoms with van der Waals surface area (Å²) in [6, 6.07) is 7.02. The fourth-order valence-electron chi connectivity index (χ4n) is 2.23. The van der Waals surface area contributed by atoms with Crippen LogP contribution in [0.3, 0.4) is 0 Å². The Labute approximate surface area is 153 Å². The first kappa shape index (κ1) is 21.7. The molecular weight excluding hydrogens is 342 g/mol. The van der Waals surface area contributed by atoms with Crippen LogP contribution in [0.4, 0.5) is 0 Å². The average Bonchev–Trinajstić information content (AvgIpc) is 2.67. The van der Waals surface area contributed by atoms with Crippen LogP contribution < -0.4 is 9.47 Å². The summed E-state index contributed by atoms with van der Waals surface area (Å²) in [7, 11) is 2.83. The minimum atomic E-state index is -0.479. The maximum Gasteiger partial charge on any atom is 0.310 e. The number of ether oxygens (including phenoxy) is 4. The molecule has 1 aromatic carbocycles. The van der Waals surface area contributed by atoms with Crippen molar-refractivity contribution in [3.63, 3.8) is 0 Å². The number of carbonyl (C=O) groups is 2. The molecule has 0 aliphatic rings. The molecule has 0 aliphatic heterocycles. The third-order valence-electron chi connectivity index (χ3n) is 3.61. The zero-order chi connectivity index (χ0) is 19.4. The molecule has 0 spiro atoms. The smallest absolute Gasteiger partial charge is 0.310 e. The van der Waals surface area contributed by atoms with Gasteiger partial charge in [-0.3, -0.25) is 9.59 Å². The number of aliphatic hydroxyl groups excluding tert-OH is 1. The SMILES string of the molecule is COC(=O)C(C)CN(CCOCCO)C(=O)COc1ccccc1OC. The first-order valence-corrected chi connectivity index (χ1v) is 8.33. The van der Waals surface area contributed by atoms with Gasteiger partial charge in [0, 0.05) is 13.1 Å². The van der Waals surface area contributed by atoms with Gasteiger partial charge in [0.25, 0.3) is 5.91 Å². The van der Waals surface area contributed by atoms with Crippen LogP contribution in [0.2, 0.25) is 0 Å². The first-order chi connectivity index (χ1) is 12.5. The molecular formula is C18H27NO7. The summed E-state index contributed by atoms with van der Waals surface area (Å²) in [5.41, 5.74) is 0. The van der Waals surface area contributed by atoms with Crippen molar-refractivity contribution in [2.45, 2.75) is 6.92 Å². The zero-order valence-corrected chi connectivity index (χ0v) is 15.5. The van der Waals surface area contributed by atoms with E-state index in [1.165, 1.54) is 19.1 Å². The molecule has 1 unspecified atom stereocenters. The Morgan fingerprint density at radius 2 is 1.85 bits per heavy atom. The van der Waals surface area contributed by atoms with Crippen molar-refractivity contribution >= 4 is 11.9 Å². The van der Waals surface area contributed by atoms with Gasteiger partial charge < -0.3 is 29.0 Å². The van der Waals surface area contributed by atoms with Crippen LogP contribution in [0.15, 0.2) is 24.3 Å². The summed E-state index contributed by atoms with van der Waals surface area (Å²) in [5, 5.41) is 8.75. The highest BCUT2D eigenvalue weighted by molar-refractivity contribution is 5.79. The zero-order valence-electron chi connectivity index (χ0n) is 15.5. The minimum Gasteiger partial charge on any atom is -0.493 e. The van der Waals surface area contributed by atoms with Crippen LogP contribution in [0, 0.1) is 5.92 Å². The van der Waals surface area contributed by atoms with E-state index in [2.05, 4.69) is 0 Å². The summed E-state index contributed by atoms with van der Waals surface area (Å²) in [6.07, 6.45) is 0. The topological polar surface area (TPSA) is 94.5 Å². The second-order valence-electron chi connectivity index (χ2n) is 5.54. The number of amides is 1. The number of carbonyl (C=O) groups excluding carboxylic acids is 2. The first-order valence-electron chi connectivity index (χ1n) is 8.33. The Morgan fingerprint density at radius 3 is 2.46 bits per heavy atom. The molecule has 146 valence electrons. The summed E-state index contributed by atoms with van der Waals surface area (Å²) >= 11 is 0. The van der Waals surface area contributed by atoms with Gasteiger partial charge in [0.15, 0.2) is 18.1 Å². The molecule has 0 heterocycles. The molecule has 0 aliphatic carbocycles. The van der Waals surface area contributed by atoms with Crippen molar-refractivity contribution in [1.82, 2.24) is 4.90 Å². The van der Waals surface area contributed by atoms with Crippen LogP contribution in [0.25, 0.3) is 0 Å². The van der Waals surface area contributed by atoms with E-state index in [1.54, 1.807) is 31.2 Å². The highest BCUT2D eigenvalue weighted by atomic mass is 16.5. The lowest BCUT2D eigenvalue weighted by Crippen LogP contribution is -2.41. The van der Waals surface area contributed by atoms with Gasteiger partial charge in [-0.25, -0.2) is 0 Å². The fraction of sp³-hybridized carbons (Fsp3) is 0.556. The van der Waals surface area contributed by atoms with E-state index < -0.39 is 11.9 Å². The molecule has 1 amide bonds. The molecule has 0 radical (unpaired) electrons. The Bertz CT molecular complexity index is 564. The largest absolute Gasteiger partial charge is 0.493 e. The Balaban J connectivity index is 2.67. The molecule has 0 saturated carbocycles. The van der Waals surface area contributed by atoms with E-state index in [0.29, 0.717) is 11.5 Å². The van der Waals surface area contributed by atoms with E-state index in [-0.39, 0.29) is 45.4 Å². The van der Waals surface area contributed by atoms with Crippen molar-refractivity contribution in [3.8, 4) is 11.5 Å². The van der Waals surface area contributed by atoms with Crippen LogP contribution >= 0.6 is 0 Å². The highest BCUT2D eigenvalue weighted by Gasteiger charge is 2.22. The molecule has 0 saturated heterocycles. The van der Waals surface area contributed by atoms with E-state index in [1.807, 2.05) is 0 Å². The van der Waals surface area contributed by atoms with Crippen molar-refractivity contribution in [3.05, 3.63) is 24.3 Å². The van der Waals surface area contributed by atoms with Crippen LogP contribution in [0.1, 0.15) is 6.92 Å². The summed E-state index contributed by atoms with van der Waals surface area (Å²) in [5.74, 6) is -0.182. The van der Waals surface area contributed by atoms with Crippen molar-refractivity contribution in [1.29, 1.82) is 0 Å². The van der Waals surface area contributed by atoms with Crippen molar-refractivity contribution in [2.24, 2.45) is 5.92 Å². The third kappa shape index (κ3) is 7.28. The molecule has 8 nitrogen and oxygen atoms in total. The normalized spacial score (nSPS) is 11.5. The Morgan fingerprint density at radius 1 is 1.15 bits per heavy atom. The second kappa shape index (κ2) is 12.1. The van der Waals surface area contributed by atoms with Gasteiger partial charge in [-0.05, 0) is 12.1 Å². The van der Waals surface area contributed by atoms with Gasteiger partial charge in [-0.15, -0.1) is 0 Å². The molecule has 26 heavy (non-hydrogen) atoms. The molecule has 1 atom stereocenters. The molecule has 8 heteroatoms. The number of benzene rings is 1. The highest BCUT2D eigenvalue weighted by Crippen LogP contribution is 2.25. The molecule has 0 bridgehead atoms. The van der Waals surface area contributed by atoms with Gasteiger partial charge >= 0.3 is 5.97 Å². The lowest BCUT2D eigenvalue weighted by atomic mass is 10.1. The van der Waals surface area contributed by atoms with E-state index >= 15 is 0 Å². The Kier molecular flexibility index (Phi) is 10.1. The summed E-state index contributed by atoms with van der Waals surface area (Å²) < 4.78 is 20.7. The molecule has 1 rings (SSSR count). The number of nitrogens with zero attached hydrogens (tertiary/aromatic N) is 1. The van der Waals surface area contributed by atoms with Gasteiger partial charge in [-0.1, -0.05) is 19.1 Å². The number of para-hydroxylation sites is 2. The standard InChI is InChI=1S/C18H27NO7/c1-14(18(22)24-3)12-19(8-10-25-11-9-20)17(21)13-26-16-7-5-4-6-15(16)23-2/h4-7,14,20H,8-13H2,1-3H3. The van der Waals surface area contributed by atoms with Crippen molar-refractivity contribution < 1.29 is 33.6 Å². The fourth-order valence-corrected chi connectivity index (χ4v) is 2.23. The number of rotatable bonds is 12. The monoisotopic (exact) mass is 369 g/mol. The van der Waals surface area contributed by atoms with Gasteiger partial charge in [0.05, 0.1) is 40.0 Å². The quantitative estimate of drug-likeness (QED) is 0.428. The minimum absolute atomic E-state index is 0.0938. The Hall–Kier alpha value is -2.32. The molecule has 1 N–H and O–H groups in total. The third-order valence-corrected chi connectivity index (χ3v) is 3.61. The van der Waals surface area contributed by atoms with Crippen LogP contribution in [-0.4, -0.2) is 75.6 Å². The van der Waals surface area contributed by atoms with Crippen LogP contribution in [0.5, 0.6) is 11.5 Å². The van der Waals surface area contributed by atoms with E-state index in [4.69, 9.17) is 24.1 Å². The van der Waals surface area contributed by atoms with Crippen LogP contribution in [-0.2, 0) is 19.1 Å². The lowest BCUT2D eigenvalue weighted by Gasteiger charge is -2.25. The predicted molar refractivity (Wildman–Crippen MR) is 94.2 cm³/mol. The number of hydrogen-bond donors (Lipinski definition) is 1. The second-order valence-corrected chi connectivity index (χ2v) is 5.54. The molecule has 0 aromatic heterocycles. The maximum atomic E-state index is 12.5. The number of aliphatic hydroxyl groups is 1. The van der Waals surface area contributed by atoms with Gasteiger partial charge in [-0.2, -0.15) is 0 Å². The molecule has 0 fully saturated rings. The number of esters is 1. The van der Waals surface area contributed by atoms with Gasteiger partial charge in [0.2, 0.25) is 0 Å². The maximum absolute atomic E-state index is 12.5.